The summed E-state index contributed by atoms with van der Waals surface area (Å²) in [4.78, 5) is 3.46. The molecule has 0 aliphatic carbocycles. The van der Waals surface area contributed by atoms with Crippen molar-refractivity contribution < 1.29 is 42.5 Å². The number of hydrogen-bond acceptors (Lipinski definition) is 5. The molecule has 6 nitrogen and oxygen atoms in total. The normalized spacial score (nSPS) is 10.6. The van der Waals surface area contributed by atoms with Crippen molar-refractivity contribution in [3.05, 3.63) is 12.2 Å². The predicted octanol–water partition coefficient (Wildman–Crippen LogP) is -4.15. The smallest absolute Gasteiger partial charge is 0.748 e. The van der Waals surface area contributed by atoms with Crippen LogP contribution in [0.15, 0.2) is 6.33 Å². The van der Waals surface area contributed by atoms with Crippen LogP contribution in [0.3, 0.4) is 0 Å². The van der Waals surface area contributed by atoms with Gasteiger partial charge >= 0.3 is 29.6 Å². The van der Waals surface area contributed by atoms with Crippen molar-refractivity contribution in [3.8, 4) is 0 Å². The fourth-order valence-electron chi connectivity index (χ4n) is 0.468. The second kappa shape index (κ2) is 4.17. The second-order valence-corrected chi connectivity index (χ2v) is 3.04. The van der Waals surface area contributed by atoms with Crippen LogP contribution in [-0.4, -0.2) is 28.2 Å². The fourth-order valence-corrected chi connectivity index (χ4v) is 0.942. The van der Waals surface area contributed by atoms with Gasteiger partial charge in [0.25, 0.3) is 0 Å². The van der Waals surface area contributed by atoms with Crippen LogP contribution in [0.4, 0.5) is 0 Å². The average Bonchev–Trinajstić information content (AvgIpc) is 2.12. The van der Waals surface area contributed by atoms with Gasteiger partial charge in [0.05, 0.1) is 5.75 Å². The van der Waals surface area contributed by atoms with Gasteiger partial charge in [-0.3, -0.25) is 5.10 Å². The number of rotatable bonds is 2. The Morgan fingerprint density at radius 3 is 2.64 bits per heavy atom. The number of H-pyrrole nitrogens is 1. The van der Waals surface area contributed by atoms with Gasteiger partial charge in [-0.25, -0.2) is 13.4 Å². The van der Waals surface area contributed by atoms with E-state index in [-0.39, 0.29) is 35.4 Å². The molecule has 0 atom stereocenters. The van der Waals surface area contributed by atoms with Gasteiger partial charge in [0.1, 0.15) is 22.3 Å². The fraction of sp³-hybridized carbons (Fsp3) is 0.333. The molecule has 8 heteroatoms. The Bertz CT molecular complexity index is 294. The SMILES string of the molecule is O=S(=O)([O-])Cc1ncn[nH]1.[Na+]. The molecule has 0 spiro atoms. The summed E-state index contributed by atoms with van der Waals surface area (Å²) in [5, 5.41) is 5.62. The molecule has 1 rings (SSSR count). The molecule has 0 unspecified atom stereocenters. The molecular formula is C3H4N3NaO3S. The van der Waals surface area contributed by atoms with E-state index in [0.717, 1.165) is 6.33 Å². The topological polar surface area (TPSA) is 98.8 Å². The Labute approximate surface area is 85.5 Å². The molecule has 0 fully saturated rings. The first-order valence-corrected chi connectivity index (χ1v) is 3.93. The Hall–Kier alpha value is 0.0500. The molecule has 56 valence electrons. The summed E-state index contributed by atoms with van der Waals surface area (Å²) < 4.78 is 30.2. The summed E-state index contributed by atoms with van der Waals surface area (Å²) >= 11 is 0. The number of hydrogen-bond donors (Lipinski definition) is 1. The first-order chi connectivity index (χ1) is 4.58. The van der Waals surface area contributed by atoms with Crippen molar-refractivity contribution >= 4 is 10.1 Å². The van der Waals surface area contributed by atoms with Crippen LogP contribution < -0.4 is 29.6 Å². The van der Waals surface area contributed by atoms with Crippen LogP contribution in [0.5, 0.6) is 0 Å². The van der Waals surface area contributed by atoms with Gasteiger partial charge in [0.15, 0.2) is 0 Å². The van der Waals surface area contributed by atoms with Gasteiger partial charge in [0, 0.05) is 0 Å². The summed E-state index contributed by atoms with van der Waals surface area (Å²) in [6.07, 6.45) is 1.14. The van der Waals surface area contributed by atoms with Crippen LogP contribution in [0.25, 0.3) is 0 Å². The Balaban J connectivity index is 0.000001000. The van der Waals surface area contributed by atoms with Gasteiger partial charge < -0.3 is 4.55 Å². The van der Waals surface area contributed by atoms with E-state index in [2.05, 4.69) is 15.2 Å². The molecule has 0 saturated heterocycles. The molecule has 1 aromatic rings. The minimum Gasteiger partial charge on any atom is -0.748 e. The zero-order valence-electron chi connectivity index (χ0n) is 5.81. The van der Waals surface area contributed by atoms with E-state index >= 15 is 0 Å². The van der Waals surface area contributed by atoms with Gasteiger partial charge in [-0.05, 0) is 0 Å². The maximum absolute atomic E-state index is 10.1. The second-order valence-electron chi connectivity index (χ2n) is 1.63. The maximum atomic E-state index is 10.1. The van der Waals surface area contributed by atoms with E-state index in [4.69, 9.17) is 0 Å². The van der Waals surface area contributed by atoms with Crippen LogP contribution in [0, 0.1) is 0 Å². The standard InChI is InChI=1S/C3H5N3O3S.Na/c7-10(8,9)1-3-4-2-5-6-3;/h2H,1H2,(H,4,5,6)(H,7,8,9);/q;+1/p-1. The third-order valence-electron chi connectivity index (χ3n) is 0.778. The molecule has 0 saturated carbocycles. The Morgan fingerprint density at radius 2 is 2.27 bits per heavy atom. The largest absolute Gasteiger partial charge is 1.00 e. The molecule has 0 amide bonds. The summed E-state index contributed by atoms with van der Waals surface area (Å²) in [5.74, 6) is -0.567. The van der Waals surface area contributed by atoms with Gasteiger partial charge in [-0.1, -0.05) is 0 Å². The van der Waals surface area contributed by atoms with E-state index in [1.54, 1.807) is 0 Å². The molecule has 1 N–H and O–H groups in total. The molecule has 1 aromatic heterocycles. The van der Waals surface area contributed by atoms with Crippen molar-refractivity contribution in [2.75, 3.05) is 0 Å². The number of aromatic amines is 1. The third-order valence-corrected chi connectivity index (χ3v) is 1.41. The predicted molar refractivity (Wildman–Crippen MR) is 29.8 cm³/mol. The van der Waals surface area contributed by atoms with Crippen molar-refractivity contribution in [3.63, 3.8) is 0 Å². The van der Waals surface area contributed by atoms with Crippen molar-refractivity contribution in [2.45, 2.75) is 5.75 Å². The average molecular weight is 185 g/mol. The summed E-state index contributed by atoms with van der Waals surface area (Å²) in [7, 11) is -4.23. The summed E-state index contributed by atoms with van der Waals surface area (Å²) in [6, 6.07) is 0. The Morgan fingerprint density at radius 1 is 1.64 bits per heavy atom. The summed E-state index contributed by atoms with van der Waals surface area (Å²) in [6.45, 7) is 0. The molecule has 0 aliphatic heterocycles. The van der Waals surface area contributed by atoms with Crippen LogP contribution >= 0.6 is 0 Å². The first-order valence-electron chi connectivity index (χ1n) is 2.36. The van der Waals surface area contributed by atoms with Crippen LogP contribution in [-0.2, 0) is 15.9 Å². The number of aromatic nitrogens is 3. The molecule has 0 aliphatic rings. The van der Waals surface area contributed by atoms with Crippen molar-refractivity contribution in [1.82, 2.24) is 15.2 Å². The summed E-state index contributed by atoms with van der Waals surface area (Å²) in [5.41, 5.74) is 0. The van der Waals surface area contributed by atoms with E-state index in [1.807, 2.05) is 0 Å². The van der Waals surface area contributed by atoms with Gasteiger partial charge in [-0.2, -0.15) is 5.10 Å². The third kappa shape index (κ3) is 4.49. The van der Waals surface area contributed by atoms with Gasteiger partial charge in [-0.15, -0.1) is 0 Å². The van der Waals surface area contributed by atoms with Gasteiger partial charge in [0.2, 0.25) is 0 Å². The van der Waals surface area contributed by atoms with Crippen molar-refractivity contribution in [1.29, 1.82) is 0 Å². The van der Waals surface area contributed by atoms with E-state index < -0.39 is 15.9 Å². The number of nitrogens with one attached hydrogen (secondary N) is 1. The van der Waals surface area contributed by atoms with E-state index in [0.29, 0.717) is 0 Å². The zero-order chi connectivity index (χ0) is 7.61. The molecule has 0 aromatic carbocycles. The first kappa shape index (κ1) is 11.1. The van der Waals surface area contributed by atoms with E-state index in [9.17, 15) is 13.0 Å². The Kier molecular flexibility index (Phi) is 4.19. The number of nitrogens with zero attached hydrogens (tertiary/aromatic N) is 2. The van der Waals surface area contributed by atoms with Crippen LogP contribution in [0.1, 0.15) is 5.82 Å². The molecular weight excluding hydrogens is 181 g/mol. The van der Waals surface area contributed by atoms with Crippen molar-refractivity contribution in [2.24, 2.45) is 0 Å². The minimum atomic E-state index is -4.23. The van der Waals surface area contributed by atoms with Crippen LogP contribution in [0.2, 0.25) is 0 Å². The molecule has 11 heavy (non-hydrogen) atoms. The maximum Gasteiger partial charge on any atom is 1.00 e. The quantitative estimate of drug-likeness (QED) is 0.372. The zero-order valence-corrected chi connectivity index (χ0v) is 8.63. The molecule has 0 bridgehead atoms. The van der Waals surface area contributed by atoms with E-state index in [1.165, 1.54) is 0 Å². The minimum absolute atomic E-state index is 0. The monoisotopic (exact) mass is 185 g/mol. The molecule has 1 heterocycles. The molecule has 0 radical (unpaired) electrons.